The predicted octanol–water partition coefficient (Wildman–Crippen LogP) is 0.779. The molecule has 0 radical (unpaired) electrons. The number of aryl methyl sites for hydroxylation is 2. The minimum Gasteiger partial charge on any atom is -0.368 e. The normalized spacial score (nSPS) is 21.4. The van der Waals surface area contributed by atoms with Crippen molar-refractivity contribution in [2.45, 2.75) is 25.5 Å². The number of imidazole rings is 1. The van der Waals surface area contributed by atoms with Crippen LogP contribution in [0.4, 0.5) is 0 Å². The summed E-state index contributed by atoms with van der Waals surface area (Å²) in [5, 5.41) is 2.96. The van der Waals surface area contributed by atoms with Gasteiger partial charge in [-0.1, -0.05) is 0 Å². The van der Waals surface area contributed by atoms with Gasteiger partial charge in [0.1, 0.15) is 17.6 Å². The molecule has 1 aliphatic rings. The molecule has 1 aliphatic heterocycles. The summed E-state index contributed by atoms with van der Waals surface area (Å²) in [5.74, 6) is 0.574. The maximum Gasteiger partial charge on any atom is 0.271 e. The molecule has 2 aromatic heterocycles. The Morgan fingerprint density at radius 2 is 2.24 bits per heavy atom. The molecular weight excluding hydrogens is 270 g/mol. The summed E-state index contributed by atoms with van der Waals surface area (Å²) in [7, 11) is 1.91. The zero-order valence-corrected chi connectivity index (χ0v) is 12.0. The second kappa shape index (κ2) is 5.61. The molecule has 2 aromatic rings. The van der Waals surface area contributed by atoms with Gasteiger partial charge in [-0.2, -0.15) is 0 Å². The fourth-order valence-corrected chi connectivity index (χ4v) is 2.40. The zero-order chi connectivity index (χ0) is 14.8. The minimum atomic E-state index is -0.239. The van der Waals surface area contributed by atoms with Crippen molar-refractivity contribution >= 4 is 5.91 Å². The fraction of sp³-hybridized carbons (Fsp3) is 0.429. The number of hydrogen-bond donors (Lipinski definition) is 1. The third-order valence-corrected chi connectivity index (χ3v) is 3.53. The lowest BCUT2D eigenvalue weighted by atomic mass is 10.1. The van der Waals surface area contributed by atoms with Crippen LogP contribution < -0.4 is 5.32 Å². The third kappa shape index (κ3) is 2.78. The van der Waals surface area contributed by atoms with E-state index in [1.54, 1.807) is 12.4 Å². The number of carbonyl (C=O) groups is 1. The summed E-state index contributed by atoms with van der Waals surface area (Å²) < 4.78 is 7.62. The Labute approximate surface area is 122 Å². The van der Waals surface area contributed by atoms with Gasteiger partial charge in [0.2, 0.25) is 0 Å². The van der Waals surface area contributed by atoms with Gasteiger partial charge < -0.3 is 14.6 Å². The molecule has 0 saturated carbocycles. The van der Waals surface area contributed by atoms with Crippen molar-refractivity contribution < 1.29 is 9.53 Å². The summed E-state index contributed by atoms with van der Waals surface area (Å²) in [6, 6.07) is -0.110. The number of nitrogens with zero attached hydrogens (tertiary/aromatic N) is 4. The second-order valence-corrected chi connectivity index (χ2v) is 5.10. The number of ether oxygens (including phenoxy) is 1. The van der Waals surface area contributed by atoms with E-state index in [9.17, 15) is 4.79 Å². The van der Waals surface area contributed by atoms with Crippen molar-refractivity contribution in [3.8, 4) is 0 Å². The second-order valence-electron chi connectivity index (χ2n) is 5.10. The molecule has 3 heterocycles. The van der Waals surface area contributed by atoms with Crippen molar-refractivity contribution in [1.29, 1.82) is 0 Å². The smallest absolute Gasteiger partial charge is 0.271 e. The molecule has 110 valence electrons. The van der Waals surface area contributed by atoms with Gasteiger partial charge >= 0.3 is 0 Å². The average Bonchev–Trinajstić information content (AvgIpc) is 3.08. The first kappa shape index (κ1) is 13.7. The molecule has 7 nitrogen and oxygen atoms in total. The van der Waals surface area contributed by atoms with Crippen molar-refractivity contribution in [1.82, 2.24) is 24.8 Å². The van der Waals surface area contributed by atoms with Gasteiger partial charge in [0, 0.05) is 32.2 Å². The monoisotopic (exact) mass is 287 g/mol. The van der Waals surface area contributed by atoms with Crippen LogP contribution in [-0.4, -0.2) is 38.1 Å². The van der Waals surface area contributed by atoms with Crippen molar-refractivity contribution in [3.05, 3.63) is 42.0 Å². The molecule has 2 atom stereocenters. The summed E-state index contributed by atoms with van der Waals surface area (Å²) in [6.45, 7) is 2.43. The number of aromatic nitrogens is 4. The minimum absolute atomic E-state index is 0.110. The van der Waals surface area contributed by atoms with Crippen LogP contribution in [0.15, 0.2) is 24.8 Å². The Morgan fingerprint density at radius 1 is 1.38 bits per heavy atom. The van der Waals surface area contributed by atoms with Crippen molar-refractivity contribution in [2.24, 2.45) is 7.05 Å². The first-order chi connectivity index (χ1) is 10.1. The number of carbonyl (C=O) groups excluding carboxylic acids is 1. The van der Waals surface area contributed by atoms with E-state index in [2.05, 4.69) is 20.3 Å². The van der Waals surface area contributed by atoms with E-state index >= 15 is 0 Å². The van der Waals surface area contributed by atoms with Gasteiger partial charge in [-0.25, -0.2) is 9.97 Å². The topological polar surface area (TPSA) is 81.9 Å². The molecule has 1 amide bonds. The van der Waals surface area contributed by atoms with E-state index in [0.717, 1.165) is 17.9 Å². The van der Waals surface area contributed by atoms with Crippen molar-refractivity contribution in [3.63, 3.8) is 0 Å². The summed E-state index contributed by atoms with van der Waals surface area (Å²) in [5.41, 5.74) is 1.09. The van der Waals surface area contributed by atoms with Gasteiger partial charge in [0.15, 0.2) is 0 Å². The highest BCUT2D eigenvalue weighted by Gasteiger charge is 2.33. The Hall–Kier alpha value is -2.28. The Balaban J connectivity index is 1.73. The SMILES string of the molecule is Cc1cnc(C(=O)N[C@H]2CCO[C@@H]2c2nccn2C)cn1. The molecule has 0 unspecified atom stereocenters. The molecule has 1 N–H and O–H groups in total. The quantitative estimate of drug-likeness (QED) is 0.902. The van der Waals surface area contributed by atoms with Gasteiger partial charge in [-0.15, -0.1) is 0 Å². The van der Waals surface area contributed by atoms with Crippen LogP contribution in [0.25, 0.3) is 0 Å². The maximum absolute atomic E-state index is 12.2. The molecular formula is C14H17N5O2. The van der Waals surface area contributed by atoms with E-state index in [1.807, 2.05) is 24.7 Å². The van der Waals surface area contributed by atoms with E-state index < -0.39 is 0 Å². The molecule has 3 rings (SSSR count). The average molecular weight is 287 g/mol. The lowest BCUT2D eigenvalue weighted by Gasteiger charge is -2.19. The standard InChI is InChI=1S/C14H17N5O2/c1-9-7-17-11(8-16-9)14(20)18-10-3-6-21-12(10)13-15-4-5-19(13)2/h4-5,7-8,10,12H,3,6H2,1-2H3,(H,18,20)/t10-,12-/m0/s1. The van der Waals surface area contributed by atoms with Gasteiger partial charge in [-0.3, -0.25) is 9.78 Å². The van der Waals surface area contributed by atoms with Crippen LogP contribution in [0.3, 0.4) is 0 Å². The predicted molar refractivity (Wildman–Crippen MR) is 74.5 cm³/mol. The molecule has 0 bridgehead atoms. The highest BCUT2D eigenvalue weighted by molar-refractivity contribution is 5.92. The number of nitrogens with one attached hydrogen (secondary N) is 1. The Bertz CT molecular complexity index is 637. The summed E-state index contributed by atoms with van der Waals surface area (Å²) in [6.07, 6.45) is 7.17. The molecule has 21 heavy (non-hydrogen) atoms. The van der Waals surface area contributed by atoms with Crippen LogP contribution in [-0.2, 0) is 11.8 Å². The highest BCUT2D eigenvalue weighted by Crippen LogP contribution is 2.27. The molecule has 7 heteroatoms. The van der Waals surface area contributed by atoms with Crippen LogP contribution in [0.2, 0.25) is 0 Å². The lowest BCUT2D eigenvalue weighted by Crippen LogP contribution is -2.38. The number of amides is 1. The van der Waals surface area contributed by atoms with Gasteiger partial charge in [0.25, 0.3) is 5.91 Å². The molecule has 0 aliphatic carbocycles. The van der Waals surface area contributed by atoms with Crippen LogP contribution in [0, 0.1) is 6.92 Å². The first-order valence-corrected chi connectivity index (χ1v) is 6.83. The first-order valence-electron chi connectivity index (χ1n) is 6.83. The Kier molecular flexibility index (Phi) is 3.66. The fourth-order valence-electron chi connectivity index (χ4n) is 2.40. The van der Waals surface area contributed by atoms with Crippen LogP contribution in [0.1, 0.15) is 34.5 Å². The highest BCUT2D eigenvalue weighted by atomic mass is 16.5. The van der Waals surface area contributed by atoms with E-state index in [0.29, 0.717) is 12.3 Å². The molecule has 1 fully saturated rings. The molecule has 1 saturated heterocycles. The Morgan fingerprint density at radius 3 is 2.90 bits per heavy atom. The van der Waals surface area contributed by atoms with E-state index in [4.69, 9.17) is 4.74 Å². The zero-order valence-electron chi connectivity index (χ0n) is 12.0. The van der Waals surface area contributed by atoms with Gasteiger partial charge in [0.05, 0.1) is 17.9 Å². The third-order valence-electron chi connectivity index (χ3n) is 3.53. The van der Waals surface area contributed by atoms with Crippen molar-refractivity contribution in [2.75, 3.05) is 6.61 Å². The van der Waals surface area contributed by atoms with E-state index in [-0.39, 0.29) is 18.1 Å². The van der Waals surface area contributed by atoms with E-state index in [1.165, 1.54) is 6.20 Å². The van der Waals surface area contributed by atoms with Crippen LogP contribution >= 0.6 is 0 Å². The lowest BCUT2D eigenvalue weighted by molar-refractivity contribution is 0.0776. The maximum atomic E-state index is 12.2. The largest absolute Gasteiger partial charge is 0.368 e. The summed E-state index contributed by atoms with van der Waals surface area (Å²) >= 11 is 0. The van der Waals surface area contributed by atoms with Gasteiger partial charge in [-0.05, 0) is 13.3 Å². The summed E-state index contributed by atoms with van der Waals surface area (Å²) in [4.78, 5) is 24.7. The molecule has 0 spiro atoms. The number of hydrogen-bond acceptors (Lipinski definition) is 5. The van der Waals surface area contributed by atoms with Crippen LogP contribution in [0.5, 0.6) is 0 Å². The molecule has 0 aromatic carbocycles. The number of rotatable bonds is 3.